The van der Waals surface area contributed by atoms with Gasteiger partial charge in [-0.1, -0.05) is 0 Å². The van der Waals surface area contributed by atoms with Crippen molar-refractivity contribution in [3.63, 3.8) is 0 Å². The van der Waals surface area contributed by atoms with Gasteiger partial charge in [-0.2, -0.15) is 0 Å². The molecule has 1 heterocycles. The van der Waals surface area contributed by atoms with Crippen LogP contribution in [0.3, 0.4) is 0 Å². The van der Waals surface area contributed by atoms with E-state index in [1.807, 2.05) is 0 Å². The van der Waals surface area contributed by atoms with Crippen LogP contribution in [-0.2, 0) is 11.3 Å². The van der Waals surface area contributed by atoms with Gasteiger partial charge in [0.05, 0.1) is 5.60 Å². The molecule has 94 valence electrons. The molecule has 0 atom stereocenters. The van der Waals surface area contributed by atoms with Gasteiger partial charge in [-0.05, 0) is 13.8 Å². The molecule has 0 bridgehead atoms. The van der Waals surface area contributed by atoms with Gasteiger partial charge in [-0.25, -0.2) is 4.68 Å². The van der Waals surface area contributed by atoms with Crippen LogP contribution in [0.1, 0.15) is 13.8 Å². The maximum absolute atomic E-state index is 11.4. The van der Waals surface area contributed by atoms with Gasteiger partial charge in [-0.3, -0.25) is 19.5 Å². The first-order valence-corrected chi connectivity index (χ1v) is 5.07. The maximum Gasteiger partial charge on any atom is 0.265 e. The quantitative estimate of drug-likeness (QED) is 0.592. The van der Waals surface area contributed by atoms with Crippen molar-refractivity contribution in [3.8, 4) is 0 Å². The lowest BCUT2D eigenvalue weighted by Crippen LogP contribution is -2.41. The van der Waals surface area contributed by atoms with Gasteiger partial charge in [0.2, 0.25) is 5.91 Å². The SMILES string of the molecule is CC(C)(O)CNC(=O)Cn1[nH]c(=O)ccc1=O. The van der Waals surface area contributed by atoms with Crippen LogP contribution in [0.25, 0.3) is 0 Å². The summed E-state index contributed by atoms with van der Waals surface area (Å²) in [6.45, 7) is 2.87. The summed E-state index contributed by atoms with van der Waals surface area (Å²) in [4.78, 5) is 33.6. The molecule has 1 aromatic rings. The Hall–Kier alpha value is -1.89. The number of nitrogens with zero attached hydrogens (tertiary/aromatic N) is 1. The molecule has 0 aromatic carbocycles. The van der Waals surface area contributed by atoms with Gasteiger partial charge in [-0.15, -0.1) is 0 Å². The molecular weight excluding hydrogens is 226 g/mol. The lowest BCUT2D eigenvalue weighted by atomic mass is 10.1. The summed E-state index contributed by atoms with van der Waals surface area (Å²) in [5, 5.41) is 14.1. The summed E-state index contributed by atoms with van der Waals surface area (Å²) in [5.41, 5.74) is -1.95. The van der Waals surface area contributed by atoms with E-state index in [-0.39, 0.29) is 13.1 Å². The van der Waals surface area contributed by atoms with E-state index in [0.717, 1.165) is 16.8 Å². The largest absolute Gasteiger partial charge is 0.389 e. The molecule has 0 unspecified atom stereocenters. The second-order valence-corrected chi connectivity index (χ2v) is 4.32. The first-order chi connectivity index (χ1) is 7.78. The number of aromatic amines is 1. The fourth-order valence-electron chi connectivity index (χ4n) is 1.09. The Balaban J connectivity index is 2.66. The molecule has 0 radical (unpaired) electrons. The van der Waals surface area contributed by atoms with Crippen LogP contribution in [0.4, 0.5) is 0 Å². The van der Waals surface area contributed by atoms with Gasteiger partial charge in [0, 0.05) is 18.7 Å². The predicted molar refractivity (Wildman–Crippen MR) is 60.6 cm³/mol. The van der Waals surface area contributed by atoms with E-state index in [1.165, 1.54) is 0 Å². The third-order valence-electron chi connectivity index (χ3n) is 1.91. The highest BCUT2D eigenvalue weighted by Gasteiger charge is 2.14. The van der Waals surface area contributed by atoms with Crippen LogP contribution in [-0.4, -0.2) is 32.9 Å². The fraction of sp³-hybridized carbons (Fsp3) is 0.500. The van der Waals surface area contributed by atoms with Crippen LogP contribution in [0, 0.1) is 0 Å². The molecule has 17 heavy (non-hydrogen) atoms. The molecule has 0 saturated heterocycles. The van der Waals surface area contributed by atoms with E-state index in [9.17, 15) is 19.5 Å². The van der Waals surface area contributed by atoms with E-state index >= 15 is 0 Å². The van der Waals surface area contributed by atoms with Crippen molar-refractivity contribution >= 4 is 5.91 Å². The second kappa shape index (κ2) is 4.96. The molecule has 0 aliphatic carbocycles. The van der Waals surface area contributed by atoms with Crippen molar-refractivity contribution in [1.82, 2.24) is 15.1 Å². The monoisotopic (exact) mass is 241 g/mol. The van der Waals surface area contributed by atoms with Crippen molar-refractivity contribution in [3.05, 3.63) is 32.8 Å². The number of rotatable bonds is 4. The van der Waals surface area contributed by atoms with Gasteiger partial charge < -0.3 is 10.4 Å². The van der Waals surface area contributed by atoms with Crippen molar-refractivity contribution < 1.29 is 9.90 Å². The minimum Gasteiger partial charge on any atom is -0.389 e. The second-order valence-electron chi connectivity index (χ2n) is 4.32. The zero-order valence-electron chi connectivity index (χ0n) is 9.69. The van der Waals surface area contributed by atoms with Gasteiger partial charge in [0.15, 0.2) is 0 Å². The number of carbonyl (C=O) groups is 1. The molecule has 0 saturated carbocycles. The summed E-state index contributed by atoms with van der Waals surface area (Å²) in [6.07, 6.45) is 0. The van der Waals surface area contributed by atoms with Gasteiger partial charge in [0.25, 0.3) is 11.1 Å². The zero-order chi connectivity index (χ0) is 13.1. The van der Waals surface area contributed by atoms with Crippen molar-refractivity contribution in [1.29, 1.82) is 0 Å². The predicted octanol–water partition coefficient (Wildman–Crippen LogP) is -1.58. The highest BCUT2D eigenvalue weighted by Crippen LogP contribution is 1.96. The number of amides is 1. The Labute approximate surface area is 97.1 Å². The van der Waals surface area contributed by atoms with Crippen LogP contribution < -0.4 is 16.4 Å². The van der Waals surface area contributed by atoms with E-state index in [0.29, 0.717) is 0 Å². The lowest BCUT2D eigenvalue weighted by Gasteiger charge is -2.17. The highest BCUT2D eigenvalue weighted by atomic mass is 16.3. The summed E-state index contributed by atoms with van der Waals surface area (Å²) >= 11 is 0. The number of H-pyrrole nitrogens is 1. The van der Waals surface area contributed by atoms with E-state index in [4.69, 9.17) is 0 Å². The summed E-state index contributed by atoms with van der Waals surface area (Å²) in [5.74, 6) is -0.462. The first kappa shape index (κ1) is 13.2. The van der Waals surface area contributed by atoms with Crippen LogP contribution in [0.2, 0.25) is 0 Å². The summed E-state index contributed by atoms with van der Waals surface area (Å²) < 4.78 is 0.905. The van der Waals surface area contributed by atoms with Crippen LogP contribution in [0.15, 0.2) is 21.7 Å². The molecular formula is C10H15N3O4. The number of hydrogen-bond donors (Lipinski definition) is 3. The Morgan fingerprint density at radius 1 is 1.47 bits per heavy atom. The Morgan fingerprint density at radius 3 is 2.71 bits per heavy atom. The Kier molecular flexibility index (Phi) is 3.84. The van der Waals surface area contributed by atoms with E-state index in [1.54, 1.807) is 13.8 Å². The number of hydrogen-bond acceptors (Lipinski definition) is 4. The molecule has 1 aromatic heterocycles. The number of aromatic nitrogens is 2. The number of aliphatic hydroxyl groups is 1. The Bertz CT molecular complexity index is 509. The molecule has 7 nitrogen and oxygen atoms in total. The van der Waals surface area contributed by atoms with E-state index in [2.05, 4.69) is 10.4 Å². The summed E-state index contributed by atoms with van der Waals surface area (Å²) in [7, 11) is 0. The molecule has 0 spiro atoms. The van der Waals surface area contributed by atoms with Gasteiger partial charge in [0.1, 0.15) is 6.54 Å². The lowest BCUT2D eigenvalue weighted by molar-refractivity contribution is -0.122. The average Bonchev–Trinajstić information content (AvgIpc) is 2.20. The third kappa shape index (κ3) is 4.64. The molecule has 7 heteroatoms. The highest BCUT2D eigenvalue weighted by molar-refractivity contribution is 5.75. The third-order valence-corrected chi connectivity index (χ3v) is 1.91. The maximum atomic E-state index is 11.4. The van der Waals surface area contributed by atoms with Crippen LogP contribution in [0.5, 0.6) is 0 Å². The van der Waals surface area contributed by atoms with E-state index < -0.39 is 22.6 Å². The zero-order valence-corrected chi connectivity index (χ0v) is 9.69. The minimum absolute atomic E-state index is 0.0671. The normalized spacial score (nSPS) is 11.2. The molecule has 1 amide bonds. The number of carbonyl (C=O) groups excluding carboxylic acids is 1. The minimum atomic E-state index is -1.02. The standard InChI is InChI=1S/C10H15N3O4/c1-10(2,17)6-11-8(15)5-13-9(16)4-3-7(14)12-13/h3-4,17H,5-6H2,1-2H3,(H,11,15)(H,12,14). The molecule has 0 fully saturated rings. The Morgan fingerprint density at radius 2 is 2.12 bits per heavy atom. The van der Waals surface area contributed by atoms with Crippen molar-refractivity contribution in [2.75, 3.05) is 6.54 Å². The topological polar surface area (TPSA) is 104 Å². The first-order valence-electron chi connectivity index (χ1n) is 5.07. The summed E-state index contributed by atoms with van der Waals surface area (Å²) in [6, 6.07) is 2.18. The average molecular weight is 241 g/mol. The fourth-order valence-corrected chi connectivity index (χ4v) is 1.09. The van der Waals surface area contributed by atoms with Crippen molar-refractivity contribution in [2.24, 2.45) is 0 Å². The van der Waals surface area contributed by atoms with Crippen LogP contribution >= 0.6 is 0 Å². The molecule has 0 aliphatic heterocycles. The molecule has 3 N–H and O–H groups in total. The smallest absolute Gasteiger partial charge is 0.265 e. The van der Waals surface area contributed by atoms with Crippen molar-refractivity contribution in [2.45, 2.75) is 26.0 Å². The number of nitrogens with one attached hydrogen (secondary N) is 2. The molecule has 1 rings (SSSR count). The van der Waals surface area contributed by atoms with Gasteiger partial charge >= 0.3 is 0 Å². The molecule has 0 aliphatic rings.